The van der Waals surface area contributed by atoms with Gasteiger partial charge in [-0.1, -0.05) is 30.3 Å². The van der Waals surface area contributed by atoms with Crippen molar-refractivity contribution in [3.05, 3.63) is 53.3 Å². The maximum atomic E-state index is 6.01. The van der Waals surface area contributed by atoms with E-state index in [0.29, 0.717) is 18.5 Å². The molecule has 110 valence electrons. The van der Waals surface area contributed by atoms with Gasteiger partial charge in [0.25, 0.3) is 0 Å². The Labute approximate surface area is 125 Å². The minimum atomic E-state index is 0.427. The minimum Gasteiger partial charge on any atom is -0.369 e. The zero-order chi connectivity index (χ0) is 15.2. The molecule has 0 spiro atoms. The molecular formula is C16H21N5. The third-order valence-electron chi connectivity index (χ3n) is 3.13. The average molecular weight is 283 g/mol. The van der Waals surface area contributed by atoms with Gasteiger partial charge in [0.05, 0.1) is 0 Å². The van der Waals surface area contributed by atoms with Gasteiger partial charge in [0.15, 0.2) is 5.96 Å². The highest BCUT2D eigenvalue weighted by molar-refractivity contribution is 5.92. The van der Waals surface area contributed by atoms with Crippen LogP contribution in [0.4, 0.5) is 5.95 Å². The fourth-order valence-electron chi connectivity index (χ4n) is 2.01. The van der Waals surface area contributed by atoms with Gasteiger partial charge in [-0.15, -0.1) is 0 Å². The third-order valence-corrected chi connectivity index (χ3v) is 3.13. The van der Waals surface area contributed by atoms with Crippen LogP contribution in [-0.4, -0.2) is 29.5 Å². The predicted molar refractivity (Wildman–Crippen MR) is 86.5 cm³/mol. The summed E-state index contributed by atoms with van der Waals surface area (Å²) in [7, 11) is 1.83. The maximum Gasteiger partial charge on any atom is 0.232 e. The number of hydrogen-bond donors (Lipinski definition) is 1. The Morgan fingerprint density at radius 1 is 1.14 bits per heavy atom. The monoisotopic (exact) mass is 283 g/mol. The Kier molecular flexibility index (Phi) is 4.87. The van der Waals surface area contributed by atoms with Crippen LogP contribution in [0.15, 0.2) is 41.4 Å². The summed E-state index contributed by atoms with van der Waals surface area (Å²) in [6, 6.07) is 12.2. The lowest BCUT2D eigenvalue weighted by atomic mass is 10.2. The van der Waals surface area contributed by atoms with Crippen LogP contribution in [0.25, 0.3) is 0 Å². The fraction of sp³-hybridized carbons (Fsp3) is 0.312. The second-order valence-electron chi connectivity index (χ2n) is 4.99. The Hall–Kier alpha value is -2.43. The molecule has 0 amide bonds. The summed E-state index contributed by atoms with van der Waals surface area (Å²) in [4.78, 5) is 14.9. The number of rotatable bonds is 4. The summed E-state index contributed by atoms with van der Waals surface area (Å²) in [6.07, 6.45) is 0.864. The first kappa shape index (κ1) is 15.0. The summed E-state index contributed by atoms with van der Waals surface area (Å²) < 4.78 is 0. The fourth-order valence-corrected chi connectivity index (χ4v) is 2.01. The number of aryl methyl sites for hydroxylation is 2. The number of aliphatic imine (C=N–C) groups is 1. The molecule has 0 saturated heterocycles. The van der Waals surface area contributed by atoms with Gasteiger partial charge in [-0.2, -0.15) is 0 Å². The second-order valence-corrected chi connectivity index (χ2v) is 4.99. The van der Waals surface area contributed by atoms with E-state index in [9.17, 15) is 0 Å². The van der Waals surface area contributed by atoms with Crippen molar-refractivity contribution in [3.8, 4) is 0 Å². The van der Waals surface area contributed by atoms with Crippen molar-refractivity contribution < 1.29 is 0 Å². The van der Waals surface area contributed by atoms with Crippen LogP contribution in [0, 0.1) is 13.8 Å². The van der Waals surface area contributed by atoms with Crippen molar-refractivity contribution in [2.75, 3.05) is 18.5 Å². The minimum absolute atomic E-state index is 0.427. The Morgan fingerprint density at radius 2 is 1.76 bits per heavy atom. The van der Waals surface area contributed by atoms with Gasteiger partial charge >= 0.3 is 0 Å². The number of anilines is 1. The van der Waals surface area contributed by atoms with Gasteiger partial charge in [-0.25, -0.2) is 9.97 Å². The lowest BCUT2D eigenvalue weighted by Gasteiger charge is -2.16. The number of benzene rings is 1. The van der Waals surface area contributed by atoms with Crippen molar-refractivity contribution in [1.82, 2.24) is 9.97 Å². The molecule has 0 saturated carbocycles. The molecule has 1 heterocycles. The molecule has 0 aliphatic carbocycles. The van der Waals surface area contributed by atoms with Crippen LogP contribution >= 0.6 is 0 Å². The van der Waals surface area contributed by atoms with E-state index >= 15 is 0 Å². The first-order valence-corrected chi connectivity index (χ1v) is 6.96. The topological polar surface area (TPSA) is 67.4 Å². The van der Waals surface area contributed by atoms with Gasteiger partial charge in [-0.05, 0) is 31.9 Å². The standard InChI is InChI=1S/C16H21N5/c1-12-11-13(2)20-16(19-12)21(3)15(17)18-10-9-14-7-5-4-6-8-14/h4-8,11H,9-10H2,1-3H3,(H2,17,18). The predicted octanol–water partition coefficient (Wildman–Crippen LogP) is 2.09. The van der Waals surface area contributed by atoms with E-state index in [2.05, 4.69) is 27.1 Å². The first-order chi connectivity index (χ1) is 10.1. The lowest BCUT2D eigenvalue weighted by Crippen LogP contribution is -2.35. The highest BCUT2D eigenvalue weighted by atomic mass is 15.3. The highest BCUT2D eigenvalue weighted by Gasteiger charge is 2.09. The molecule has 2 rings (SSSR count). The van der Waals surface area contributed by atoms with Crippen molar-refractivity contribution in [2.24, 2.45) is 10.7 Å². The molecule has 0 aliphatic rings. The van der Waals surface area contributed by atoms with E-state index in [4.69, 9.17) is 5.73 Å². The van der Waals surface area contributed by atoms with Crippen LogP contribution in [0.5, 0.6) is 0 Å². The average Bonchev–Trinajstić information content (AvgIpc) is 2.46. The van der Waals surface area contributed by atoms with Crippen molar-refractivity contribution in [2.45, 2.75) is 20.3 Å². The molecule has 0 bridgehead atoms. The van der Waals surface area contributed by atoms with Gasteiger partial charge in [0.2, 0.25) is 5.95 Å². The van der Waals surface area contributed by atoms with E-state index in [-0.39, 0.29) is 0 Å². The lowest BCUT2D eigenvalue weighted by molar-refractivity contribution is 0.941. The summed E-state index contributed by atoms with van der Waals surface area (Å²) in [6.45, 7) is 4.52. The zero-order valence-corrected chi connectivity index (χ0v) is 12.7. The van der Waals surface area contributed by atoms with Gasteiger partial charge < -0.3 is 5.73 Å². The molecule has 1 aromatic heterocycles. The van der Waals surface area contributed by atoms with E-state index in [0.717, 1.165) is 17.8 Å². The normalized spacial score (nSPS) is 11.5. The van der Waals surface area contributed by atoms with E-state index < -0.39 is 0 Å². The number of nitrogens with two attached hydrogens (primary N) is 1. The molecule has 0 atom stereocenters. The molecule has 1 aromatic carbocycles. The molecule has 0 radical (unpaired) electrons. The van der Waals surface area contributed by atoms with Crippen LogP contribution < -0.4 is 10.6 Å². The van der Waals surface area contributed by atoms with Crippen LogP contribution in [0.1, 0.15) is 17.0 Å². The van der Waals surface area contributed by atoms with E-state index in [1.165, 1.54) is 5.56 Å². The summed E-state index contributed by atoms with van der Waals surface area (Å²) in [5.41, 5.74) is 9.09. The molecule has 0 unspecified atom stereocenters. The molecule has 5 nitrogen and oxygen atoms in total. The number of hydrogen-bond acceptors (Lipinski definition) is 3. The first-order valence-electron chi connectivity index (χ1n) is 6.96. The number of aromatic nitrogens is 2. The molecule has 21 heavy (non-hydrogen) atoms. The zero-order valence-electron chi connectivity index (χ0n) is 12.7. The van der Waals surface area contributed by atoms with Crippen LogP contribution in [0.3, 0.4) is 0 Å². The van der Waals surface area contributed by atoms with Crippen molar-refractivity contribution in [3.63, 3.8) is 0 Å². The van der Waals surface area contributed by atoms with E-state index in [1.54, 1.807) is 4.90 Å². The highest BCUT2D eigenvalue weighted by Crippen LogP contribution is 2.08. The SMILES string of the molecule is Cc1cc(C)nc(N(C)C(N)=NCCc2ccccc2)n1. The quantitative estimate of drug-likeness (QED) is 0.689. The summed E-state index contributed by atoms with van der Waals surface area (Å²) in [5.74, 6) is 1.00. The Balaban J connectivity index is 2.01. The second kappa shape index (κ2) is 6.83. The third kappa shape index (κ3) is 4.27. The Bertz CT molecular complexity index is 602. The number of nitrogens with zero attached hydrogens (tertiary/aromatic N) is 4. The molecule has 0 aliphatic heterocycles. The Morgan fingerprint density at radius 3 is 2.38 bits per heavy atom. The summed E-state index contributed by atoms with van der Waals surface area (Å²) >= 11 is 0. The number of guanidine groups is 1. The van der Waals surface area contributed by atoms with Crippen LogP contribution in [0.2, 0.25) is 0 Å². The van der Waals surface area contributed by atoms with Crippen LogP contribution in [-0.2, 0) is 6.42 Å². The molecule has 2 N–H and O–H groups in total. The molecule has 5 heteroatoms. The van der Waals surface area contributed by atoms with Crippen molar-refractivity contribution >= 4 is 11.9 Å². The van der Waals surface area contributed by atoms with E-state index in [1.807, 2.05) is 45.2 Å². The van der Waals surface area contributed by atoms with Crippen molar-refractivity contribution in [1.29, 1.82) is 0 Å². The van der Waals surface area contributed by atoms with Gasteiger partial charge in [0.1, 0.15) is 0 Å². The smallest absolute Gasteiger partial charge is 0.232 e. The maximum absolute atomic E-state index is 6.01. The molecular weight excluding hydrogens is 262 g/mol. The largest absolute Gasteiger partial charge is 0.369 e. The molecule has 2 aromatic rings. The summed E-state index contributed by atoms with van der Waals surface area (Å²) in [5, 5.41) is 0. The molecule has 0 fully saturated rings. The van der Waals surface area contributed by atoms with Gasteiger partial charge in [-0.3, -0.25) is 9.89 Å². The van der Waals surface area contributed by atoms with Gasteiger partial charge in [0, 0.05) is 25.0 Å².